The Morgan fingerprint density at radius 3 is 2.34 bits per heavy atom. The Morgan fingerprint density at radius 1 is 0.974 bits per heavy atom. The summed E-state index contributed by atoms with van der Waals surface area (Å²) >= 11 is 0. The summed E-state index contributed by atoms with van der Waals surface area (Å²) < 4.78 is 46.0. The minimum atomic E-state index is -4.77. The second kappa shape index (κ2) is 11.0. The van der Waals surface area contributed by atoms with Crippen molar-refractivity contribution >= 4 is 28.7 Å². The van der Waals surface area contributed by atoms with Crippen LogP contribution < -0.4 is 19.7 Å². The minimum absolute atomic E-state index is 0.224. The third-order valence-corrected chi connectivity index (χ3v) is 6.80. The highest BCUT2D eigenvalue weighted by Gasteiger charge is 2.31. The van der Waals surface area contributed by atoms with E-state index in [1.807, 2.05) is 6.92 Å². The Hall–Kier alpha value is -3.67. The van der Waals surface area contributed by atoms with Gasteiger partial charge in [0.1, 0.15) is 22.8 Å². The van der Waals surface area contributed by atoms with Gasteiger partial charge in [0, 0.05) is 19.1 Å². The largest absolute Gasteiger partial charge is 0.573 e. The summed E-state index contributed by atoms with van der Waals surface area (Å²) in [5.41, 5.74) is 2.02. The molecule has 9 nitrogen and oxygen atoms in total. The SMILES string of the molecule is Cc1nc(N2CCC(N3CCCC3)CC2)nc2ccc(NC(=O)COc3ccc(OC(F)(F)F)cc3)nc12. The third-order valence-electron chi connectivity index (χ3n) is 6.80. The van der Waals surface area contributed by atoms with Crippen LogP contribution in [-0.4, -0.2) is 70.9 Å². The molecule has 2 aliphatic rings. The summed E-state index contributed by atoms with van der Waals surface area (Å²) in [6, 6.07) is 8.91. The summed E-state index contributed by atoms with van der Waals surface area (Å²) in [6.07, 6.45) is 0.0417. The number of piperidine rings is 1. The van der Waals surface area contributed by atoms with Crippen LogP contribution in [0.5, 0.6) is 11.5 Å². The molecule has 0 spiro atoms. The highest BCUT2D eigenvalue weighted by Crippen LogP contribution is 2.26. The molecular weight excluding hydrogens is 501 g/mol. The number of ether oxygens (including phenoxy) is 2. The Kier molecular flexibility index (Phi) is 7.50. The number of anilines is 2. The van der Waals surface area contributed by atoms with E-state index in [2.05, 4.69) is 24.8 Å². The molecule has 0 atom stereocenters. The lowest BCUT2D eigenvalue weighted by molar-refractivity contribution is -0.274. The molecule has 0 bridgehead atoms. The first-order chi connectivity index (χ1) is 18.2. The maximum Gasteiger partial charge on any atom is 0.573 e. The zero-order valence-electron chi connectivity index (χ0n) is 21.0. The highest BCUT2D eigenvalue weighted by molar-refractivity contribution is 5.92. The molecule has 0 saturated carbocycles. The van der Waals surface area contributed by atoms with Crippen LogP contribution in [0, 0.1) is 6.92 Å². The number of carbonyl (C=O) groups is 1. The fraction of sp³-hybridized carbons (Fsp3) is 0.462. The molecule has 2 aromatic heterocycles. The molecule has 2 aliphatic heterocycles. The first kappa shape index (κ1) is 26.0. The van der Waals surface area contributed by atoms with Crippen LogP contribution in [0.1, 0.15) is 31.4 Å². The van der Waals surface area contributed by atoms with Gasteiger partial charge in [0.2, 0.25) is 5.95 Å². The number of amides is 1. The average molecular weight is 531 g/mol. The molecular formula is C26H29F3N6O3. The van der Waals surface area contributed by atoms with Crippen LogP contribution in [0.15, 0.2) is 36.4 Å². The Bertz CT molecular complexity index is 1270. The van der Waals surface area contributed by atoms with Gasteiger partial charge in [0.25, 0.3) is 5.91 Å². The summed E-state index contributed by atoms with van der Waals surface area (Å²) in [5.74, 6) is 0.410. The van der Waals surface area contributed by atoms with Gasteiger partial charge in [-0.2, -0.15) is 0 Å². The first-order valence-corrected chi connectivity index (χ1v) is 12.7. The van der Waals surface area contributed by atoms with E-state index in [0.717, 1.165) is 43.8 Å². The molecule has 38 heavy (non-hydrogen) atoms. The number of carbonyl (C=O) groups excluding carboxylic acids is 1. The summed E-state index contributed by atoms with van der Waals surface area (Å²) in [7, 11) is 0. The number of aromatic nitrogens is 3. The van der Waals surface area contributed by atoms with E-state index in [-0.39, 0.29) is 18.1 Å². The molecule has 0 radical (unpaired) electrons. The second-order valence-electron chi connectivity index (χ2n) is 9.49. The van der Waals surface area contributed by atoms with Crippen molar-refractivity contribution in [3.63, 3.8) is 0 Å². The molecule has 0 unspecified atom stereocenters. The predicted molar refractivity (Wildman–Crippen MR) is 135 cm³/mol. The number of alkyl halides is 3. The van der Waals surface area contributed by atoms with Gasteiger partial charge in [0.05, 0.1) is 11.2 Å². The fourth-order valence-corrected chi connectivity index (χ4v) is 4.96. The molecule has 12 heteroatoms. The van der Waals surface area contributed by atoms with Gasteiger partial charge in [-0.05, 0) is 82.1 Å². The summed E-state index contributed by atoms with van der Waals surface area (Å²) in [5, 5.41) is 2.66. The first-order valence-electron chi connectivity index (χ1n) is 12.7. The van der Waals surface area contributed by atoms with Crippen molar-refractivity contribution in [2.75, 3.05) is 43.0 Å². The van der Waals surface area contributed by atoms with E-state index in [4.69, 9.17) is 14.7 Å². The van der Waals surface area contributed by atoms with Gasteiger partial charge >= 0.3 is 6.36 Å². The third kappa shape index (κ3) is 6.42. The van der Waals surface area contributed by atoms with Crippen molar-refractivity contribution in [1.29, 1.82) is 0 Å². The van der Waals surface area contributed by atoms with Gasteiger partial charge in [-0.3, -0.25) is 4.79 Å². The molecule has 0 aliphatic carbocycles. The van der Waals surface area contributed by atoms with Gasteiger partial charge < -0.3 is 24.6 Å². The highest BCUT2D eigenvalue weighted by atomic mass is 19.4. The maximum atomic E-state index is 12.4. The van der Waals surface area contributed by atoms with Crippen molar-refractivity contribution in [1.82, 2.24) is 19.9 Å². The van der Waals surface area contributed by atoms with E-state index < -0.39 is 12.3 Å². The smallest absolute Gasteiger partial charge is 0.484 e. The number of rotatable bonds is 7. The van der Waals surface area contributed by atoms with E-state index in [1.54, 1.807) is 12.1 Å². The van der Waals surface area contributed by atoms with Crippen molar-refractivity contribution in [3.8, 4) is 11.5 Å². The van der Waals surface area contributed by atoms with E-state index in [0.29, 0.717) is 28.8 Å². The zero-order valence-corrected chi connectivity index (χ0v) is 21.0. The molecule has 202 valence electrons. The number of likely N-dealkylation sites (tertiary alicyclic amines) is 1. The molecule has 5 rings (SSSR count). The number of hydrogen-bond acceptors (Lipinski definition) is 8. The summed E-state index contributed by atoms with van der Waals surface area (Å²) in [4.78, 5) is 31.1. The number of fused-ring (bicyclic) bond motifs is 1. The van der Waals surface area contributed by atoms with Crippen LogP contribution in [0.4, 0.5) is 24.9 Å². The number of benzene rings is 1. The lowest BCUT2D eigenvalue weighted by Crippen LogP contribution is -2.44. The second-order valence-corrected chi connectivity index (χ2v) is 9.49. The van der Waals surface area contributed by atoms with Crippen molar-refractivity contribution < 1.29 is 27.4 Å². The van der Waals surface area contributed by atoms with Crippen LogP contribution in [0.25, 0.3) is 11.0 Å². The lowest BCUT2D eigenvalue weighted by Gasteiger charge is -2.36. The predicted octanol–water partition coefficient (Wildman–Crippen LogP) is 4.31. The number of aryl methyl sites for hydroxylation is 1. The molecule has 2 fully saturated rings. The summed E-state index contributed by atoms with van der Waals surface area (Å²) in [6.45, 7) is 5.79. The van der Waals surface area contributed by atoms with Crippen molar-refractivity contribution in [3.05, 3.63) is 42.1 Å². The maximum absolute atomic E-state index is 12.4. The van der Waals surface area contributed by atoms with Crippen molar-refractivity contribution in [2.24, 2.45) is 0 Å². The molecule has 1 N–H and O–H groups in total. The standard InChI is InChI=1S/C26H29F3N6O3/c1-17-24-21(31-25(30-17)35-14-10-18(11-15-35)34-12-2-3-13-34)8-9-22(33-24)32-23(36)16-37-19-4-6-20(7-5-19)38-26(27,28)29/h4-9,18H,2-3,10-16H2,1H3,(H,32,33,36). The number of halogens is 3. The van der Waals surface area contributed by atoms with Crippen LogP contribution in [0.2, 0.25) is 0 Å². The van der Waals surface area contributed by atoms with Crippen LogP contribution in [0.3, 0.4) is 0 Å². The van der Waals surface area contributed by atoms with E-state index in [1.165, 1.54) is 38.1 Å². The average Bonchev–Trinajstić information content (AvgIpc) is 3.43. The normalized spacial score (nSPS) is 17.1. The quantitative estimate of drug-likeness (QED) is 0.483. The molecule has 1 aromatic carbocycles. The fourth-order valence-electron chi connectivity index (χ4n) is 4.96. The number of pyridine rings is 1. The Labute approximate surface area is 218 Å². The minimum Gasteiger partial charge on any atom is -0.484 e. The van der Waals surface area contributed by atoms with Crippen LogP contribution in [-0.2, 0) is 4.79 Å². The lowest BCUT2D eigenvalue weighted by atomic mass is 10.0. The molecule has 2 saturated heterocycles. The number of nitrogens with zero attached hydrogens (tertiary/aromatic N) is 5. The van der Waals surface area contributed by atoms with Gasteiger partial charge in [-0.25, -0.2) is 15.0 Å². The number of nitrogens with one attached hydrogen (secondary N) is 1. The van der Waals surface area contributed by atoms with Crippen LogP contribution >= 0.6 is 0 Å². The van der Waals surface area contributed by atoms with Gasteiger partial charge in [0.15, 0.2) is 6.61 Å². The Morgan fingerprint density at radius 2 is 1.66 bits per heavy atom. The van der Waals surface area contributed by atoms with E-state index in [9.17, 15) is 18.0 Å². The molecule has 4 heterocycles. The zero-order chi connectivity index (χ0) is 26.7. The molecule has 1 amide bonds. The van der Waals surface area contributed by atoms with Gasteiger partial charge in [-0.15, -0.1) is 13.2 Å². The Balaban J connectivity index is 1.17. The van der Waals surface area contributed by atoms with E-state index >= 15 is 0 Å². The monoisotopic (exact) mass is 530 g/mol. The van der Waals surface area contributed by atoms with Crippen molar-refractivity contribution in [2.45, 2.75) is 45.0 Å². The topological polar surface area (TPSA) is 92.7 Å². The molecule has 3 aromatic rings. The van der Waals surface area contributed by atoms with Gasteiger partial charge in [-0.1, -0.05) is 0 Å². The number of hydrogen-bond donors (Lipinski definition) is 1.